The molecule has 0 unspecified atom stereocenters. The van der Waals surface area contributed by atoms with Crippen LogP contribution in [-0.2, 0) is 6.42 Å². The molecule has 6 heteroatoms. The Morgan fingerprint density at radius 3 is 2.44 bits per heavy atom. The van der Waals surface area contributed by atoms with Crippen LogP contribution in [0.5, 0.6) is 0 Å². The van der Waals surface area contributed by atoms with E-state index in [0.29, 0.717) is 29.6 Å². The van der Waals surface area contributed by atoms with Crippen LogP contribution in [0.15, 0.2) is 54.6 Å². The highest BCUT2D eigenvalue weighted by Crippen LogP contribution is 2.38. The van der Waals surface area contributed by atoms with E-state index in [1.165, 1.54) is 0 Å². The number of nitriles is 2. The van der Waals surface area contributed by atoms with Crippen molar-refractivity contribution in [2.45, 2.75) is 12.7 Å². The van der Waals surface area contributed by atoms with Gasteiger partial charge in [-0.05, 0) is 37.0 Å². The molecule has 2 N–H and O–H groups in total. The number of aryl methyl sites for hydroxylation is 1. The minimum absolute atomic E-state index is 0.145. The number of para-hydroxylation sites is 1. The molecule has 0 amide bonds. The van der Waals surface area contributed by atoms with Gasteiger partial charge in [-0.25, -0.2) is 5.26 Å². The average molecular weight is 350 g/mol. The van der Waals surface area contributed by atoms with Crippen LogP contribution in [0.1, 0.15) is 21.6 Å². The van der Waals surface area contributed by atoms with Crippen molar-refractivity contribution < 1.29 is 4.79 Å². The average Bonchev–Trinajstić information content (AvgIpc) is 3.08. The number of benzene rings is 2. The van der Waals surface area contributed by atoms with Crippen LogP contribution in [0.3, 0.4) is 0 Å². The zero-order valence-corrected chi connectivity index (χ0v) is 14.5. The third-order valence-corrected chi connectivity index (χ3v) is 4.83. The molecule has 4 rings (SSSR count). The van der Waals surface area contributed by atoms with Crippen molar-refractivity contribution >= 4 is 23.8 Å². The minimum Gasteiger partial charge on any atom is -0.356 e. The maximum atomic E-state index is 12.9. The highest BCUT2D eigenvalue weighted by molar-refractivity contribution is 6.98. The second-order valence-corrected chi connectivity index (χ2v) is 6.49. The van der Waals surface area contributed by atoms with Gasteiger partial charge in [-0.15, -0.1) is 0 Å². The molecule has 3 aromatic rings. The van der Waals surface area contributed by atoms with Gasteiger partial charge < -0.3 is 15.1 Å². The summed E-state index contributed by atoms with van der Waals surface area (Å²) >= 11 is 0. The number of anilines is 2. The number of hydrogen-bond donors (Lipinski definition) is 2. The Hall–Kier alpha value is -3.77. The van der Waals surface area contributed by atoms with Crippen LogP contribution in [-0.4, -0.2) is 17.4 Å². The van der Waals surface area contributed by atoms with Gasteiger partial charge in [-0.1, -0.05) is 30.3 Å². The van der Waals surface area contributed by atoms with Gasteiger partial charge in [0.25, 0.3) is 0 Å². The summed E-state index contributed by atoms with van der Waals surface area (Å²) in [5, 5.41) is 21.7. The number of aromatic amines is 1. The molecule has 0 fully saturated rings. The fourth-order valence-corrected chi connectivity index (χ4v) is 3.45. The van der Waals surface area contributed by atoms with Crippen molar-refractivity contribution in [3.63, 3.8) is 0 Å². The molecule has 1 aliphatic heterocycles. The summed E-state index contributed by atoms with van der Waals surface area (Å²) in [5.41, 5.74) is 5.07. The second kappa shape index (κ2) is 6.86. The van der Waals surface area contributed by atoms with E-state index < -0.39 is 6.71 Å². The van der Waals surface area contributed by atoms with Crippen molar-refractivity contribution in [1.82, 2.24) is 4.98 Å². The largest absolute Gasteiger partial charge is 0.356 e. The summed E-state index contributed by atoms with van der Waals surface area (Å²) in [6.45, 7) is -0.613. The molecule has 1 aromatic heterocycles. The van der Waals surface area contributed by atoms with Crippen LogP contribution in [0.25, 0.3) is 11.3 Å². The Kier molecular flexibility index (Phi) is 4.24. The molecule has 5 nitrogen and oxygen atoms in total. The second-order valence-electron chi connectivity index (χ2n) is 6.49. The third-order valence-electron chi connectivity index (χ3n) is 4.83. The topological polar surface area (TPSA) is 92.5 Å². The van der Waals surface area contributed by atoms with Crippen molar-refractivity contribution in [3.05, 3.63) is 71.4 Å². The Labute approximate surface area is 157 Å². The van der Waals surface area contributed by atoms with Gasteiger partial charge in [0.15, 0.2) is 0 Å². The van der Waals surface area contributed by atoms with Crippen LogP contribution in [0.2, 0.25) is 6.32 Å². The molecule has 128 valence electrons. The summed E-state index contributed by atoms with van der Waals surface area (Å²) in [6, 6.07) is 19.0. The first-order valence-corrected chi connectivity index (χ1v) is 8.72. The van der Waals surface area contributed by atoms with E-state index in [0.717, 1.165) is 22.6 Å². The summed E-state index contributed by atoms with van der Waals surface area (Å²) in [5.74, 6) is 2.12. The first kappa shape index (κ1) is 16.7. The number of H-pyrrole nitrogens is 1. The van der Waals surface area contributed by atoms with Gasteiger partial charge in [0.05, 0.1) is 28.6 Å². The van der Waals surface area contributed by atoms with E-state index >= 15 is 0 Å². The highest BCUT2D eigenvalue weighted by Gasteiger charge is 2.36. The van der Waals surface area contributed by atoms with E-state index in [1.807, 2.05) is 42.5 Å². The standard InChI is InChI=1S/C21H15BN4O/c23-12-14-6-8-15(9-7-14)19-20(25-16-4-2-1-3-5-16)18-17(26-19)10-11-22(13-24)21(18)27/h1-9,25-26H,10-11H2. The van der Waals surface area contributed by atoms with Gasteiger partial charge >= 0.3 is 6.71 Å². The van der Waals surface area contributed by atoms with E-state index in [9.17, 15) is 10.1 Å². The maximum absolute atomic E-state index is 12.9. The molecule has 2 heterocycles. The predicted octanol–water partition coefficient (Wildman–Crippen LogP) is 4.13. The van der Waals surface area contributed by atoms with Gasteiger partial charge in [-0.2, -0.15) is 5.26 Å². The molecule has 0 saturated carbocycles. The lowest BCUT2D eigenvalue weighted by molar-refractivity contribution is 0.107. The van der Waals surface area contributed by atoms with Crippen molar-refractivity contribution in [2.24, 2.45) is 0 Å². The van der Waals surface area contributed by atoms with Crippen molar-refractivity contribution in [2.75, 3.05) is 5.32 Å². The summed E-state index contributed by atoms with van der Waals surface area (Å²) in [4.78, 5) is 16.3. The number of nitrogens with zero attached hydrogens (tertiary/aromatic N) is 2. The van der Waals surface area contributed by atoms with Crippen LogP contribution < -0.4 is 5.32 Å². The predicted molar refractivity (Wildman–Crippen MR) is 105 cm³/mol. The van der Waals surface area contributed by atoms with E-state index in [2.05, 4.69) is 22.3 Å². The van der Waals surface area contributed by atoms with Crippen LogP contribution in [0, 0.1) is 22.6 Å². The Bertz CT molecular complexity index is 1090. The quantitative estimate of drug-likeness (QED) is 0.695. The monoisotopic (exact) mass is 350 g/mol. The number of fused-ring (bicyclic) bond motifs is 1. The van der Waals surface area contributed by atoms with Crippen LogP contribution >= 0.6 is 0 Å². The molecule has 2 aromatic carbocycles. The van der Waals surface area contributed by atoms with Crippen molar-refractivity contribution in [1.29, 1.82) is 10.5 Å². The fraction of sp³-hybridized carbons (Fsp3) is 0.0952. The molecule has 1 aliphatic rings. The molecule has 0 saturated heterocycles. The van der Waals surface area contributed by atoms with Gasteiger partial charge in [0, 0.05) is 22.9 Å². The lowest BCUT2D eigenvalue weighted by Gasteiger charge is -2.15. The normalized spacial score (nSPS) is 12.8. The number of carbonyl (C=O) groups excluding carboxylic acids is 1. The lowest BCUT2D eigenvalue weighted by atomic mass is 9.41. The Balaban J connectivity index is 1.87. The van der Waals surface area contributed by atoms with Crippen LogP contribution in [0.4, 0.5) is 11.4 Å². The zero-order chi connectivity index (χ0) is 18.8. The molecular weight excluding hydrogens is 335 g/mol. The third kappa shape index (κ3) is 2.98. The molecule has 0 aliphatic carbocycles. The summed E-state index contributed by atoms with van der Waals surface area (Å²) in [7, 11) is 0. The van der Waals surface area contributed by atoms with Gasteiger partial charge in [0.1, 0.15) is 5.68 Å². The molecule has 0 bridgehead atoms. The molecule has 0 spiro atoms. The summed E-state index contributed by atoms with van der Waals surface area (Å²) in [6.07, 6.45) is 1.18. The number of aromatic nitrogens is 1. The van der Waals surface area contributed by atoms with Crippen molar-refractivity contribution in [3.8, 4) is 23.3 Å². The Morgan fingerprint density at radius 2 is 1.78 bits per heavy atom. The van der Waals surface area contributed by atoms with E-state index in [1.54, 1.807) is 12.1 Å². The van der Waals surface area contributed by atoms with E-state index in [4.69, 9.17) is 5.26 Å². The minimum atomic E-state index is -0.613. The lowest BCUT2D eigenvalue weighted by Crippen LogP contribution is -2.30. The molecular formula is C21H15BN4O. The molecule has 27 heavy (non-hydrogen) atoms. The summed E-state index contributed by atoms with van der Waals surface area (Å²) < 4.78 is 0. The number of hydrogen-bond acceptors (Lipinski definition) is 4. The SMILES string of the molecule is N#CB1CCc2[nH]c(-c3ccc(C#N)cc3)c(Nc3ccccc3)c2C1=O. The van der Waals surface area contributed by atoms with Gasteiger partial charge in [0.2, 0.25) is 0 Å². The number of carbonyl (C=O) groups is 1. The smallest absolute Gasteiger partial charge is 0.351 e. The number of nitrogens with one attached hydrogen (secondary N) is 2. The van der Waals surface area contributed by atoms with E-state index in [-0.39, 0.29) is 5.68 Å². The maximum Gasteiger partial charge on any atom is 0.351 e. The Morgan fingerprint density at radius 1 is 1.04 bits per heavy atom. The first-order chi connectivity index (χ1) is 13.2. The highest BCUT2D eigenvalue weighted by atomic mass is 16.1. The fourth-order valence-electron chi connectivity index (χ4n) is 3.45. The molecule has 0 radical (unpaired) electrons. The first-order valence-electron chi connectivity index (χ1n) is 8.72. The van der Waals surface area contributed by atoms with Gasteiger partial charge in [-0.3, -0.25) is 0 Å². The zero-order valence-electron chi connectivity index (χ0n) is 14.5. The molecule has 0 atom stereocenters. The number of rotatable bonds is 3.